The van der Waals surface area contributed by atoms with Crippen molar-refractivity contribution < 1.29 is 9.47 Å². The van der Waals surface area contributed by atoms with Crippen molar-refractivity contribution in [2.45, 2.75) is 0 Å². The molecule has 0 saturated carbocycles. The van der Waals surface area contributed by atoms with Crippen LogP contribution in [0, 0.1) is 0 Å². The quantitative estimate of drug-likeness (QED) is 0.162. The summed E-state index contributed by atoms with van der Waals surface area (Å²) in [6, 6.07) is 62.0. The lowest BCUT2D eigenvalue weighted by Gasteiger charge is -2.38. The third kappa shape index (κ3) is 4.35. The molecule has 4 aliphatic heterocycles. The molecule has 0 unspecified atom stereocenters. The van der Waals surface area contributed by atoms with Gasteiger partial charge in [-0.1, -0.05) is 97.1 Å². The predicted molar refractivity (Wildman–Crippen MR) is 262 cm³/mol. The summed E-state index contributed by atoms with van der Waals surface area (Å²) in [6.45, 7) is 0.0564. The van der Waals surface area contributed by atoms with Crippen LogP contribution in [0.5, 0.6) is 23.0 Å². The van der Waals surface area contributed by atoms with Crippen LogP contribution in [0.4, 0.5) is 34.1 Å². The van der Waals surface area contributed by atoms with E-state index in [1.165, 1.54) is 94.5 Å². The molecule has 282 valence electrons. The first-order valence-corrected chi connectivity index (χ1v) is 23.1. The van der Waals surface area contributed by atoms with Crippen molar-refractivity contribution in [1.82, 2.24) is 0 Å². The second-order valence-electron chi connectivity index (χ2n) is 16.3. The van der Waals surface area contributed by atoms with Gasteiger partial charge in [0, 0.05) is 72.6 Å². The summed E-state index contributed by atoms with van der Waals surface area (Å²) in [7, 11) is 0. The third-order valence-electron chi connectivity index (χ3n) is 13.1. The predicted octanol–water partition coefficient (Wildman–Crippen LogP) is 11.3. The van der Waals surface area contributed by atoms with Crippen LogP contribution in [-0.4, -0.2) is 13.4 Å². The molecular weight excluding hydrogens is 802 g/mol. The van der Waals surface area contributed by atoms with Crippen LogP contribution in [0.3, 0.4) is 0 Å². The zero-order valence-electron chi connectivity index (χ0n) is 32.3. The van der Waals surface area contributed by atoms with Crippen molar-refractivity contribution in [3.05, 3.63) is 170 Å². The Balaban J connectivity index is 0.965. The molecule has 7 heterocycles. The van der Waals surface area contributed by atoms with Gasteiger partial charge in [-0.2, -0.15) is 0 Å². The van der Waals surface area contributed by atoms with E-state index in [-0.39, 0.29) is 13.4 Å². The first kappa shape index (κ1) is 33.0. The van der Waals surface area contributed by atoms with Crippen LogP contribution >= 0.6 is 34.0 Å². The second-order valence-corrected chi connectivity index (χ2v) is 19.5. The van der Waals surface area contributed by atoms with E-state index in [0.717, 1.165) is 34.4 Å². The standard InChI is InChI=1S/C52H28B2N2O2S3/c1-3-13-29(14-4-1)55-37-19-11-21-39-47(37)53(51-49(55)31-17-7-9-23-43(31)60-51)35-25-33-34-26-36-42(28-46(34)59-45(33)27-41(35)57-39)58-40-22-12-20-38-48(40)54(36)52-50(32-18-8-10-24-44(32)61-52)56(38)30-15-5-2-6-16-30/h1-28H. The van der Waals surface area contributed by atoms with Gasteiger partial charge in [-0.25, -0.2) is 0 Å². The molecule has 0 amide bonds. The van der Waals surface area contributed by atoms with Gasteiger partial charge < -0.3 is 19.3 Å². The molecule has 11 aromatic rings. The number of ether oxygens (including phenoxy) is 2. The van der Waals surface area contributed by atoms with Gasteiger partial charge in [0.1, 0.15) is 23.0 Å². The van der Waals surface area contributed by atoms with Crippen LogP contribution in [0.15, 0.2) is 170 Å². The average Bonchev–Trinajstić information content (AvgIpc) is 3.99. The lowest BCUT2D eigenvalue weighted by Crippen LogP contribution is -2.58. The van der Waals surface area contributed by atoms with Crippen molar-refractivity contribution in [2.24, 2.45) is 0 Å². The number of anilines is 6. The summed E-state index contributed by atoms with van der Waals surface area (Å²) in [5.74, 6) is 3.73. The highest BCUT2D eigenvalue weighted by atomic mass is 32.1. The Hall–Kier alpha value is -6.77. The van der Waals surface area contributed by atoms with Crippen LogP contribution in [0.25, 0.3) is 40.3 Å². The number of hydrogen-bond donors (Lipinski definition) is 0. The number of rotatable bonds is 2. The maximum Gasteiger partial charge on any atom is 0.268 e. The number of para-hydroxylation sites is 2. The average molecular weight is 831 g/mol. The molecular formula is C52H28B2N2O2S3. The van der Waals surface area contributed by atoms with Gasteiger partial charge in [-0.05, 0) is 94.6 Å². The lowest BCUT2D eigenvalue weighted by atomic mass is 9.36. The van der Waals surface area contributed by atoms with E-state index in [1.807, 2.05) is 34.0 Å². The van der Waals surface area contributed by atoms with Crippen LogP contribution < -0.4 is 50.7 Å². The SMILES string of the molecule is c1ccc(N2c3cccc4c3B(c3cc5c(cc3O4)sc3cc4c(cc35)B3c5sc6ccccc6c5N(c5ccccc5)c5cccc(c53)O4)c3sc4ccccc4c32)cc1. The molecule has 0 saturated heterocycles. The minimum Gasteiger partial charge on any atom is -0.458 e. The first-order valence-electron chi connectivity index (χ1n) is 20.6. The molecule has 4 aliphatic rings. The van der Waals surface area contributed by atoms with Gasteiger partial charge in [0.15, 0.2) is 0 Å². The van der Waals surface area contributed by atoms with Crippen LogP contribution in [0.2, 0.25) is 0 Å². The first-order chi connectivity index (χ1) is 30.2. The molecule has 9 heteroatoms. The van der Waals surface area contributed by atoms with Gasteiger partial charge in [0.25, 0.3) is 13.4 Å². The Labute approximate surface area is 363 Å². The molecule has 0 spiro atoms. The molecule has 15 rings (SSSR count). The molecule has 0 bridgehead atoms. The molecule has 0 aliphatic carbocycles. The Morgan fingerprint density at radius 1 is 0.361 bits per heavy atom. The molecule has 8 aromatic carbocycles. The van der Waals surface area contributed by atoms with E-state index in [9.17, 15) is 0 Å². The van der Waals surface area contributed by atoms with Gasteiger partial charge in [0.05, 0.1) is 11.4 Å². The van der Waals surface area contributed by atoms with E-state index >= 15 is 0 Å². The molecule has 61 heavy (non-hydrogen) atoms. The zero-order chi connectivity index (χ0) is 39.5. The van der Waals surface area contributed by atoms with E-state index < -0.39 is 0 Å². The Morgan fingerprint density at radius 3 is 1.28 bits per heavy atom. The van der Waals surface area contributed by atoms with E-state index in [1.54, 1.807) is 0 Å². The highest BCUT2D eigenvalue weighted by Crippen LogP contribution is 2.49. The smallest absolute Gasteiger partial charge is 0.268 e. The van der Waals surface area contributed by atoms with Crippen molar-refractivity contribution in [1.29, 1.82) is 0 Å². The normalized spacial score (nSPS) is 14.0. The Morgan fingerprint density at radius 2 is 0.803 bits per heavy atom. The Kier molecular flexibility index (Phi) is 6.47. The summed E-state index contributed by atoms with van der Waals surface area (Å²) >= 11 is 5.65. The fourth-order valence-corrected chi connectivity index (χ4v) is 14.4. The number of hydrogen-bond acceptors (Lipinski definition) is 7. The maximum absolute atomic E-state index is 6.97. The summed E-state index contributed by atoms with van der Waals surface area (Å²) in [6.07, 6.45) is 0. The zero-order valence-corrected chi connectivity index (χ0v) is 34.7. The van der Waals surface area contributed by atoms with E-state index in [0.29, 0.717) is 0 Å². The maximum atomic E-state index is 6.97. The van der Waals surface area contributed by atoms with Crippen LogP contribution in [0.1, 0.15) is 0 Å². The van der Waals surface area contributed by atoms with Gasteiger partial charge >= 0.3 is 0 Å². The molecule has 0 atom stereocenters. The molecule has 0 N–H and O–H groups in total. The van der Waals surface area contributed by atoms with Crippen LogP contribution in [-0.2, 0) is 0 Å². The number of nitrogens with zero attached hydrogens (tertiary/aromatic N) is 2. The fourth-order valence-electron chi connectivity index (χ4n) is 10.7. The van der Waals surface area contributed by atoms with Crippen molar-refractivity contribution in [2.75, 3.05) is 9.80 Å². The highest BCUT2D eigenvalue weighted by molar-refractivity contribution is 7.34. The summed E-state index contributed by atoms with van der Waals surface area (Å²) in [5, 5.41) is 5.08. The fraction of sp³-hybridized carbons (Fsp3) is 0. The molecule has 3 aromatic heterocycles. The van der Waals surface area contributed by atoms with E-state index in [4.69, 9.17) is 9.47 Å². The van der Waals surface area contributed by atoms with Gasteiger partial charge in [-0.15, -0.1) is 34.0 Å². The number of thiophene rings is 3. The molecule has 4 nitrogen and oxygen atoms in total. The largest absolute Gasteiger partial charge is 0.458 e. The monoisotopic (exact) mass is 830 g/mol. The van der Waals surface area contributed by atoms with Crippen molar-refractivity contribution in [3.8, 4) is 23.0 Å². The molecule has 0 fully saturated rings. The number of benzene rings is 8. The summed E-state index contributed by atoms with van der Waals surface area (Å²) < 4.78 is 21.7. The minimum absolute atomic E-state index is 0.0282. The summed E-state index contributed by atoms with van der Waals surface area (Å²) in [5.41, 5.74) is 12.1. The lowest BCUT2D eigenvalue weighted by molar-refractivity contribution is 0.488. The topological polar surface area (TPSA) is 24.9 Å². The Bertz CT molecular complexity index is 3470. The third-order valence-corrected chi connectivity index (χ3v) is 16.7. The highest BCUT2D eigenvalue weighted by Gasteiger charge is 2.46. The minimum atomic E-state index is 0.0282. The van der Waals surface area contributed by atoms with E-state index in [2.05, 4.69) is 180 Å². The molecule has 0 radical (unpaired) electrons. The van der Waals surface area contributed by atoms with Gasteiger partial charge in [-0.3, -0.25) is 0 Å². The summed E-state index contributed by atoms with van der Waals surface area (Å²) in [4.78, 5) is 4.92. The second kappa shape index (κ2) is 12.0. The van der Waals surface area contributed by atoms with Gasteiger partial charge in [0.2, 0.25) is 0 Å². The van der Waals surface area contributed by atoms with Crippen molar-refractivity contribution >= 4 is 153 Å². The van der Waals surface area contributed by atoms with Crippen molar-refractivity contribution in [3.63, 3.8) is 0 Å². The number of fused-ring (bicyclic) bond motifs is 15.